The van der Waals surface area contributed by atoms with E-state index in [1.54, 1.807) is 0 Å². The van der Waals surface area contributed by atoms with Gasteiger partial charge in [0.25, 0.3) is 0 Å². The van der Waals surface area contributed by atoms with Crippen molar-refractivity contribution in [3.05, 3.63) is 131 Å². The largest absolute Gasteiger partial charge is 0.207 e. The van der Waals surface area contributed by atoms with Crippen LogP contribution in [0.4, 0.5) is 35.1 Å². The third kappa shape index (κ3) is 5.16. The lowest BCUT2D eigenvalue weighted by Gasteiger charge is -2.19. The maximum atomic E-state index is 14.3. The zero-order valence-corrected chi connectivity index (χ0v) is 19.0. The molecule has 0 unspecified atom stereocenters. The van der Waals surface area contributed by atoms with Crippen molar-refractivity contribution in [1.29, 1.82) is 0 Å². The van der Waals surface area contributed by atoms with E-state index in [0.717, 1.165) is 48.5 Å². The Balaban J connectivity index is 2.04. The van der Waals surface area contributed by atoms with E-state index in [-0.39, 0.29) is 22.3 Å². The quantitative estimate of drug-likeness (QED) is 0.204. The number of hydrogen-bond donors (Lipinski definition) is 0. The fourth-order valence-corrected chi connectivity index (χ4v) is 4.16. The van der Waals surface area contributed by atoms with Gasteiger partial charge in [-0.15, -0.1) is 0 Å². The molecule has 0 amide bonds. The van der Waals surface area contributed by atoms with E-state index in [1.165, 1.54) is 0 Å². The highest BCUT2D eigenvalue weighted by atomic mass is 19.2. The minimum Gasteiger partial charge on any atom is -0.207 e. The average Bonchev–Trinajstić information content (AvgIpc) is 2.82. The molecule has 0 heterocycles. The second kappa shape index (κ2) is 9.78. The van der Waals surface area contributed by atoms with E-state index in [4.69, 9.17) is 2.74 Å². The fraction of sp³-hybridized carbons (Fsp3) is 0. The van der Waals surface area contributed by atoms with E-state index in [9.17, 15) is 35.1 Å². The van der Waals surface area contributed by atoms with E-state index in [2.05, 4.69) is 0 Å². The summed E-state index contributed by atoms with van der Waals surface area (Å²) in [7, 11) is 0. The predicted octanol–water partition coefficient (Wildman–Crippen LogP) is 9.47. The van der Waals surface area contributed by atoms with Crippen LogP contribution in [0.5, 0.6) is 0 Å². The van der Waals surface area contributed by atoms with Gasteiger partial charge in [-0.05, 0) is 105 Å². The summed E-state index contributed by atoms with van der Waals surface area (Å²) in [4.78, 5) is 0. The summed E-state index contributed by atoms with van der Waals surface area (Å²) in [6.45, 7) is 0. The van der Waals surface area contributed by atoms with Crippen LogP contribution in [0.3, 0.4) is 0 Å². The normalized spacial score (nSPS) is 11.9. The zero-order chi connectivity index (χ0) is 28.9. The summed E-state index contributed by atoms with van der Waals surface area (Å²) < 4.78 is 133. The molecule has 0 nitrogen and oxygen atoms in total. The summed E-state index contributed by atoms with van der Waals surface area (Å²) in [5, 5.41) is 0. The van der Waals surface area contributed by atoms with Gasteiger partial charge in [-0.1, -0.05) is 0 Å². The van der Waals surface area contributed by atoms with E-state index in [0.29, 0.717) is 24.3 Å². The lowest BCUT2D eigenvalue weighted by molar-refractivity contribution is 0.583. The molecule has 190 valence electrons. The molecule has 8 heteroatoms. The van der Waals surface area contributed by atoms with Gasteiger partial charge in [0.2, 0.25) is 0 Å². The Labute approximate surface area is 214 Å². The van der Waals surface area contributed by atoms with Gasteiger partial charge in [-0.3, -0.25) is 0 Å². The molecule has 0 saturated carbocycles. The van der Waals surface area contributed by atoms with Crippen LogP contribution in [-0.2, 0) is 0 Å². The standard InChI is InChI=1S/C30H14F8/c31-19-1-15(2-20(32)9-19)27-13-29(17-5-23(35)11-24(36)6-17)30(18-7-25(37)12-26(38)8-18)14-28(27)16-3-21(33)10-22(34)4-16/h1-14H/i13D,14D. The van der Waals surface area contributed by atoms with Crippen molar-refractivity contribution < 1.29 is 37.9 Å². The topological polar surface area (TPSA) is 0 Å². The van der Waals surface area contributed by atoms with Crippen LogP contribution in [0.2, 0.25) is 0 Å². The Morgan fingerprint density at radius 1 is 0.289 bits per heavy atom. The molecule has 0 bridgehead atoms. The first-order valence-electron chi connectivity index (χ1n) is 11.9. The Kier molecular flexibility index (Phi) is 5.84. The van der Waals surface area contributed by atoms with Crippen LogP contribution in [0.1, 0.15) is 2.74 Å². The number of halogens is 8. The van der Waals surface area contributed by atoms with Gasteiger partial charge in [0.05, 0.1) is 2.74 Å². The molecule has 0 aromatic heterocycles. The van der Waals surface area contributed by atoms with Gasteiger partial charge in [-0.25, -0.2) is 35.1 Å². The van der Waals surface area contributed by atoms with Crippen LogP contribution in [0, 0.1) is 46.5 Å². The molecule has 0 saturated heterocycles. The molecule has 5 aromatic rings. The second-order valence-electron chi connectivity index (χ2n) is 8.38. The molecule has 5 rings (SSSR count). The SMILES string of the molecule is [2H]c1c(-c2cc(F)cc(F)c2)c(-c2cc(F)cc(F)c2)c([2H])c(-c2cc(F)cc(F)c2)c1-c1cc(F)cc(F)c1. The van der Waals surface area contributed by atoms with Crippen molar-refractivity contribution >= 4 is 0 Å². The average molecular weight is 528 g/mol. The number of hydrogen-bond acceptors (Lipinski definition) is 0. The lowest BCUT2D eigenvalue weighted by atomic mass is 9.85. The van der Waals surface area contributed by atoms with Gasteiger partial charge < -0.3 is 0 Å². The second-order valence-corrected chi connectivity index (χ2v) is 8.38. The minimum atomic E-state index is -1.09. The maximum Gasteiger partial charge on any atom is 0.126 e. The molecule has 38 heavy (non-hydrogen) atoms. The van der Waals surface area contributed by atoms with Crippen LogP contribution >= 0.6 is 0 Å². The van der Waals surface area contributed by atoms with Crippen molar-refractivity contribution in [1.82, 2.24) is 0 Å². The van der Waals surface area contributed by atoms with Gasteiger partial charge >= 0.3 is 0 Å². The fourth-order valence-electron chi connectivity index (χ4n) is 4.16. The molecule has 0 aliphatic heterocycles. The molecule has 0 aliphatic rings. The smallest absolute Gasteiger partial charge is 0.126 e. The maximum absolute atomic E-state index is 14.3. The third-order valence-corrected chi connectivity index (χ3v) is 5.60. The van der Waals surface area contributed by atoms with Crippen LogP contribution in [-0.4, -0.2) is 0 Å². The molecule has 0 atom stereocenters. The van der Waals surface area contributed by atoms with E-state index in [1.807, 2.05) is 0 Å². The predicted molar refractivity (Wildman–Crippen MR) is 128 cm³/mol. The van der Waals surface area contributed by atoms with E-state index >= 15 is 0 Å². The summed E-state index contributed by atoms with van der Waals surface area (Å²) in [5.74, 6) is -8.73. The van der Waals surface area contributed by atoms with Gasteiger partial charge in [0.15, 0.2) is 0 Å². The molecule has 0 spiro atoms. The van der Waals surface area contributed by atoms with Crippen LogP contribution < -0.4 is 0 Å². The Hall–Kier alpha value is -4.46. The summed E-state index contributed by atoms with van der Waals surface area (Å²) in [6.07, 6.45) is 0. The molecular weight excluding hydrogens is 512 g/mol. The Morgan fingerprint density at radius 2 is 0.447 bits per heavy atom. The molecular formula is C30H14F8. The first-order valence-corrected chi connectivity index (χ1v) is 10.9. The first kappa shape index (κ1) is 22.7. The Bertz CT molecular complexity index is 1480. The van der Waals surface area contributed by atoms with Crippen LogP contribution in [0.15, 0.2) is 84.9 Å². The summed E-state index contributed by atoms with van der Waals surface area (Å²) in [5.41, 5.74) is -3.06. The molecule has 0 radical (unpaired) electrons. The summed E-state index contributed by atoms with van der Waals surface area (Å²) >= 11 is 0. The van der Waals surface area contributed by atoms with Crippen molar-refractivity contribution in [2.45, 2.75) is 0 Å². The zero-order valence-electron chi connectivity index (χ0n) is 21.0. The van der Waals surface area contributed by atoms with Crippen molar-refractivity contribution in [2.75, 3.05) is 0 Å². The highest BCUT2D eigenvalue weighted by Gasteiger charge is 2.20. The summed E-state index contributed by atoms with van der Waals surface area (Å²) in [6, 6.07) is 7.13. The Morgan fingerprint density at radius 3 is 0.605 bits per heavy atom. The first-order chi connectivity index (χ1) is 18.9. The molecule has 0 aliphatic carbocycles. The van der Waals surface area contributed by atoms with E-state index < -0.39 is 80.9 Å². The lowest BCUT2D eigenvalue weighted by Crippen LogP contribution is -1.96. The van der Waals surface area contributed by atoms with Gasteiger partial charge in [0, 0.05) is 24.3 Å². The van der Waals surface area contributed by atoms with Crippen molar-refractivity contribution in [3.63, 3.8) is 0 Å². The minimum absolute atomic E-state index is 0.342. The van der Waals surface area contributed by atoms with Crippen molar-refractivity contribution in [3.8, 4) is 44.5 Å². The van der Waals surface area contributed by atoms with Gasteiger partial charge in [-0.2, -0.15) is 0 Å². The third-order valence-electron chi connectivity index (χ3n) is 5.60. The monoisotopic (exact) mass is 528 g/mol. The van der Waals surface area contributed by atoms with Gasteiger partial charge in [0.1, 0.15) is 46.5 Å². The molecule has 0 N–H and O–H groups in total. The number of benzene rings is 5. The molecule has 5 aromatic carbocycles. The highest BCUT2D eigenvalue weighted by Crippen LogP contribution is 2.43. The highest BCUT2D eigenvalue weighted by molar-refractivity contribution is 5.95. The number of rotatable bonds is 4. The molecule has 0 fully saturated rings. The van der Waals surface area contributed by atoms with Crippen molar-refractivity contribution in [2.24, 2.45) is 0 Å². The van der Waals surface area contributed by atoms with Crippen LogP contribution in [0.25, 0.3) is 44.5 Å².